The summed E-state index contributed by atoms with van der Waals surface area (Å²) in [7, 11) is 1.84. The van der Waals surface area contributed by atoms with Gasteiger partial charge in [-0.15, -0.1) is 0 Å². The van der Waals surface area contributed by atoms with E-state index < -0.39 is 11.9 Å². The predicted octanol–water partition coefficient (Wildman–Crippen LogP) is 1.68. The molecule has 100 valence electrons. The minimum atomic E-state index is -0.574. The van der Waals surface area contributed by atoms with Crippen molar-refractivity contribution in [2.24, 2.45) is 12.8 Å². The Morgan fingerprint density at radius 1 is 1.42 bits per heavy atom. The van der Waals surface area contributed by atoms with Gasteiger partial charge in [0, 0.05) is 24.0 Å². The first-order valence-electron chi connectivity index (χ1n) is 6.10. The third-order valence-corrected chi connectivity index (χ3v) is 3.20. The molecule has 2 rings (SSSR count). The van der Waals surface area contributed by atoms with E-state index in [0.29, 0.717) is 0 Å². The third kappa shape index (κ3) is 2.76. The number of nitrogens with two attached hydrogens (primary N) is 1. The molecule has 0 radical (unpaired) electrons. The van der Waals surface area contributed by atoms with Gasteiger partial charge in [0.15, 0.2) is 0 Å². The molecule has 1 aromatic heterocycles. The first kappa shape index (κ1) is 13.1. The maximum atomic E-state index is 11.7. The van der Waals surface area contributed by atoms with Crippen LogP contribution in [0.15, 0.2) is 30.5 Å². The number of aromatic nitrogens is 2. The number of benzene rings is 1. The summed E-state index contributed by atoms with van der Waals surface area (Å²) in [6.45, 7) is 3.91. The molecular formula is C14H18N4O. The van der Waals surface area contributed by atoms with E-state index in [-0.39, 0.29) is 0 Å². The minimum Gasteiger partial charge on any atom is -0.370 e. The molecule has 1 heterocycles. The van der Waals surface area contributed by atoms with Crippen LogP contribution in [-0.4, -0.2) is 15.7 Å². The number of amides is 1. The highest BCUT2D eigenvalue weighted by atomic mass is 16.1. The van der Waals surface area contributed by atoms with Crippen LogP contribution in [0, 0.1) is 13.8 Å². The predicted molar refractivity (Wildman–Crippen MR) is 74.7 cm³/mol. The van der Waals surface area contributed by atoms with E-state index >= 15 is 0 Å². The van der Waals surface area contributed by atoms with Crippen LogP contribution >= 0.6 is 0 Å². The van der Waals surface area contributed by atoms with E-state index in [1.54, 1.807) is 10.9 Å². The van der Waals surface area contributed by atoms with E-state index in [4.69, 9.17) is 5.73 Å². The molecule has 19 heavy (non-hydrogen) atoms. The highest BCUT2D eigenvalue weighted by Crippen LogP contribution is 2.22. The number of nitrogens with zero attached hydrogens (tertiary/aromatic N) is 2. The molecule has 1 amide bonds. The van der Waals surface area contributed by atoms with Crippen molar-refractivity contribution >= 4 is 11.6 Å². The summed E-state index contributed by atoms with van der Waals surface area (Å²) in [6, 6.07) is 7.25. The largest absolute Gasteiger partial charge is 0.370 e. The summed E-state index contributed by atoms with van der Waals surface area (Å²) in [4.78, 5) is 11.7. The van der Waals surface area contributed by atoms with E-state index in [2.05, 4.69) is 10.4 Å². The van der Waals surface area contributed by atoms with E-state index in [1.165, 1.54) is 0 Å². The maximum Gasteiger partial charge on any atom is 0.244 e. The van der Waals surface area contributed by atoms with Crippen LogP contribution in [-0.2, 0) is 11.8 Å². The van der Waals surface area contributed by atoms with Crippen LogP contribution in [0.25, 0.3) is 0 Å². The highest BCUT2D eigenvalue weighted by Gasteiger charge is 2.21. The number of aryl methyl sites for hydroxylation is 2. The van der Waals surface area contributed by atoms with Gasteiger partial charge in [-0.3, -0.25) is 9.48 Å². The van der Waals surface area contributed by atoms with Crippen molar-refractivity contribution in [1.29, 1.82) is 0 Å². The number of hydrogen-bond donors (Lipinski definition) is 2. The third-order valence-electron chi connectivity index (χ3n) is 3.20. The lowest BCUT2D eigenvalue weighted by Crippen LogP contribution is -2.28. The van der Waals surface area contributed by atoms with E-state index in [1.807, 2.05) is 45.2 Å². The number of carbonyl (C=O) groups excluding carboxylic acids is 1. The Hall–Kier alpha value is -2.30. The average Bonchev–Trinajstić information content (AvgIpc) is 2.67. The van der Waals surface area contributed by atoms with Crippen molar-refractivity contribution < 1.29 is 4.79 Å². The van der Waals surface area contributed by atoms with Crippen molar-refractivity contribution in [2.45, 2.75) is 19.9 Å². The van der Waals surface area contributed by atoms with Gasteiger partial charge >= 0.3 is 0 Å². The fraction of sp³-hybridized carbons (Fsp3) is 0.286. The fourth-order valence-corrected chi connectivity index (χ4v) is 2.00. The van der Waals surface area contributed by atoms with E-state index in [0.717, 1.165) is 22.5 Å². The van der Waals surface area contributed by atoms with Gasteiger partial charge in [0.2, 0.25) is 5.91 Å². The topological polar surface area (TPSA) is 72.9 Å². The van der Waals surface area contributed by atoms with Crippen LogP contribution in [0.2, 0.25) is 0 Å². The Kier molecular flexibility index (Phi) is 3.55. The standard InChI is InChI=1S/C14H18N4O/c1-9-5-4-6-11(7-9)17-13(14(15)19)12-8-16-18(3)10(12)2/h4-8,13,17H,1-3H3,(H2,15,19). The Bertz CT molecular complexity index is 603. The molecule has 5 heteroatoms. The summed E-state index contributed by atoms with van der Waals surface area (Å²) in [5.74, 6) is -0.419. The molecule has 0 spiro atoms. The van der Waals surface area contributed by atoms with Gasteiger partial charge in [-0.05, 0) is 31.5 Å². The van der Waals surface area contributed by atoms with Crippen molar-refractivity contribution in [3.05, 3.63) is 47.3 Å². The lowest BCUT2D eigenvalue weighted by molar-refractivity contribution is -0.118. The molecule has 0 aliphatic heterocycles. The summed E-state index contributed by atoms with van der Waals surface area (Å²) in [5, 5.41) is 7.31. The normalized spacial score (nSPS) is 12.2. The molecule has 0 saturated carbocycles. The molecule has 0 saturated heterocycles. The van der Waals surface area contributed by atoms with Crippen LogP contribution in [0.3, 0.4) is 0 Å². The summed E-state index contributed by atoms with van der Waals surface area (Å²) in [5.41, 5.74) is 9.21. The number of primary amides is 1. The minimum absolute atomic E-state index is 0.419. The van der Waals surface area contributed by atoms with Gasteiger partial charge in [0.1, 0.15) is 6.04 Å². The van der Waals surface area contributed by atoms with E-state index in [9.17, 15) is 4.79 Å². The monoisotopic (exact) mass is 258 g/mol. The molecule has 5 nitrogen and oxygen atoms in total. The number of rotatable bonds is 4. The van der Waals surface area contributed by atoms with Gasteiger partial charge in [-0.25, -0.2) is 0 Å². The van der Waals surface area contributed by atoms with Gasteiger partial charge in [0.25, 0.3) is 0 Å². The average molecular weight is 258 g/mol. The molecule has 2 aromatic rings. The van der Waals surface area contributed by atoms with Gasteiger partial charge in [0.05, 0.1) is 6.20 Å². The zero-order chi connectivity index (χ0) is 14.0. The second kappa shape index (κ2) is 5.14. The van der Waals surface area contributed by atoms with Crippen molar-refractivity contribution in [1.82, 2.24) is 9.78 Å². The number of nitrogens with one attached hydrogen (secondary N) is 1. The first-order valence-corrected chi connectivity index (χ1v) is 6.10. The molecule has 1 atom stereocenters. The summed E-state index contributed by atoms with van der Waals surface area (Å²) >= 11 is 0. The van der Waals surface area contributed by atoms with Crippen LogP contribution in [0.5, 0.6) is 0 Å². The summed E-state index contributed by atoms with van der Waals surface area (Å²) in [6.07, 6.45) is 1.67. The van der Waals surface area contributed by atoms with Crippen LogP contribution in [0.4, 0.5) is 5.69 Å². The van der Waals surface area contributed by atoms with Crippen molar-refractivity contribution in [3.63, 3.8) is 0 Å². The van der Waals surface area contributed by atoms with Crippen molar-refractivity contribution in [3.8, 4) is 0 Å². The molecule has 0 bridgehead atoms. The smallest absolute Gasteiger partial charge is 0.244 e. The zero-order valence-corrected chi connectivity index (χ0v) is 11.3. The Morgan fingerprint density at radius 2 is 2.16 bits per heavy atom. The molecular weight excluding hydrogens is 240 g/mol. The first-order chi connectivity index (χ1) is 8.99. The molecule has 0 aliphatic rings. The zero-order valence-electron chi connectivity index (χ0n) is 11.3. The maximum absolute atomic E-state index is 11.7. The summed E-state index contributed by atoms with van der Waals surface area (Å²) < 4.78 is 1.73. The molecule has 0 aliphatic carbocycles. The van der Waals surface area contributed by atoms with Crippen LogP contribution < -0.4 is 11.1 Å². The quantitative estimate of drug-likeness (QED) is 0.876. The number of carbonyl (C=O) groups is 1. The Labute approximate surface area is 112 Å². The molecule has 1 unspecified atom stereocenters. The second-order valence-corrected chi connectivity index (χ2v) is 4.66. The molecule has 0 fully saturated rings. The SMILES string of the molecule is Cc1cccc(NC(C(N)=O)c2cnn(C)c2C)c1. The Balaban J connectivity index is 2.32. The Morgan fingerprint density at radius 3 is 2.68 bits per heavy atom. The van der Waals surface area contributed by atoms with Crippen molar-refractivity contribution in [2.75, 3.05) is 5.32 Å². The van der Waals surface area contributed by atoms with Crippen LogP contribution in [0.1, 0.15) is 22.9 Å². The molecule has 3 N–H and O–H groups in total. The second-order valence-electron chi connectivity index (χ2n) is 4.66. The van der Waals surface area contributed by atoms with Gasteiger partial charge in [-0.1, -0.05) is 12.1 Å². The lowest BCUT2D eigenvalue weighted by Gasteiger charge is -2.17. The molecule has 1 aromatic carbocycles. The number of hydrogen-bond acceptors (Lipinski definition) is 3. The number of anilines is 1. The van der Waals surface area contributed by atoms with Gasteiger partial charge < -0.3 is 11.1 Å². The highest BCUT2D eigenvalue weighted by molar-refractivity contribution is 5.84. The lowest BCUT2D eigenvalue weighted by atomic mass is 10.1. The fourth-order valence-electron chi connectivity index (χ4n) is 2.00. The van der Waals surface area contributed by atoms with Gasteiger partial charge in [-0.2, -0.15) is 5.10 Å².